The molecule has 0 aliphatic heterocycles. The van der Waals surface area contributed by atoms with E-state index in [1.165, 1.54) is 5.57 Å². The Morgan fingerprint density at radius 2 is 2.00 bits per heavy atom. The number of aliphatic hydroxyl groups excluding tert-OH is 2. The molecule has 0 heterocycles. The molecule has 4 aliphatic carbocycles. The maximum Gasteiger partial charge on any atom is 0.102 e. The third kappa shape index (κ3) is 2.53. The van der Waals surface area contributed by atoms with Gasteiger partial charge in [-0.15, -0.1) is 0 Å². The van der Waals surface area contributed by atoms with Gasteiger partial charge in [0.05, 0.1) is 18.4 Å². The number of rotatable bonds is 2. The second kappa shape index (κ2) is 6.45. The van der Waals surface area contributed by atoms with Gasteiger partial charge >= 0.3 is 0 Å². The molecular formula is C21H30N2O4. The fraction of sp³-hybridized carbons (Fsp3) is 0.714. The molecule has 6 heteroatoms. The molecular weight excluding hydrogens is 344 g/mol. The summed E-state index contributed by atoms with van der Waals surface area (Å²) in [5.74, 6) is 0.989. The van der Waals surface area contributed by atoms with Gasteiger partial charge in [0.1, 0.15) is 5.71 Å². The van der Waals surface area contributed by atoms with E-state index in [4.69, 9.17) is 5.21 Å². The standard InChI is InChI=1S/C21H30N2O4/c1-20-8-7-13(22-26)9-12(20)3-4-14-15-5-6-16(17(11-24)23-27)21(15,2)10-18(25)19(14)20/h7-9,14-16,18-19,24-27H,3-6,10-11H2,1-2H3/b22-13+,23-17+/t14-,15?,16+,18-,19?,20-,21-/m0/s1. The lowest BCUT2D eigenvalue weighted by atomic mass is 9.46. The molecule has 3 saturated carbocycles. The van der Waals surface area contributed by atoms with Crippen molar-refractivity contribution in [3.05, 3.63) is 23.8 Å². The minimum Gasteiger partial charge on any atom is -0.411 e. The van der Waals surface area contributed by atoms with E-state index in [2.05, 4.69) is 30.2 Å². The van der Waals surface area contributed by atoms with Crippen molar-refractivity contribution in [1.29, 1.82) is 0 Å². The van der Waals surface area contributed by atoms with Crippen LogP contribution in [0.3, 0.4) is 0 Å². The summed E-state index contributed by atoms with van der Waals surface area (Å²) < 4.78 is 0. The van der Waals surface area contributed by atoms with Crippen molar-refractivity contribution in [3.8, 4) is 0 Å². The minimum atomic E-state index is -0.457. The van der Waals surface area contributed by atoms with Crippen LogP contribution >= 0.6 is 0 Å². The zero-order valence-electron chi connectivity index (χ0n) is 16.0. The molecule has 0 aromatic heterocycles. The van der Waals surface area contributed by atoms with Crippen LogP contribution in [0, 0.1) is 34.5 Å². The maximum atomic E-state index is 11.3. The summed E-state index contributed by atoms with van der Waals surface area (Å²) in [6.07, 6.45) is 10.0. The predicted molar refractivity (Wildman–Crippen MR) is 102 cm³/mol. The molecule has 2 unspecified atom stereocenters. The first-order chi connectivity index (χ1) is 12.9. The molecule has 0 saturated heterocycles. The molecule has 3 fully saturated rings. The number of allylic oxidation sites excluding steroid dienone is 4. The quantitative estimate of drug-likeness (QED) is 0.339. The third-order valence-corrected chi connectivity index (χ3v) is 8.31. The minimum absolute atomic E-state index is 0.0212. The number of nitrogens with zero attached hydrogens (tertiary/aromatic N) is 2. The predicted octanol–water partition coefficient (Wildman–Crippen LogP) is 2.96. The van der Waals surface area contributed by atoms with E-state index in [0.29, 0.717) is 29.7 Å². The zero-order chi connectivity index (χ0) is 19.4. The second-order valence-electron chi connectivity index (χ2n) is 9.30. The van der Waals surface area contributed by atoms with Gasteiger partial charge in [-0.2, -0.15) is 0 Å². The molecule has 0 aromatic rings. The Labute approximate surface area is 160 Å². The van der Waals surface area contributed by atoms with Crippen molar-refractivity contribution in [1.82, 2.24) is 0 Å². The van der Waals surface area contributed by atoms with E-state index in [-0.39, 0.29) is 29.3 Å². The van der Waals surface area contributed by atoms with Crippen molar-refractivity contribution in [2.24, 2.45) is 44.8 Å². The Bertz CT molecular complexity index is 742. The second-order valence-corrected chi connectivity index (χ2v) is 9.30. The molecule has 0 spiro atoms. The molecule has 148 valence electrons. The normalized spacial score (nSPS) is 48.0. The van der Waals surface area contributed by atoms with Crippen LogP contribution in [-0.2, 0) is 0 Å². The van der Waals surface area contributed by atoms with Crippen LogP contribution in [0.2, 0.25) is 0 Å². The number of hydrogen-bond acceptors (Lipinski definition) is 6. The van der Waals surface area contributed by atoms with Crippen molar-refractivity contribution in [2.75, 3.05) is 6.61 Å². The fourth-order valence-electron chi connectivity index (χ4n) is 7.16. The Morgan fingerprint density at radius 1 is 1.22 bits per heavy atom. The van der Waals surface area contributed by atoms with Gasteiger partial charge in [0, 0.05) is 17.3 Å². The van der Waals surface area contributed by atoms with Gasteiger partial charge < -0.3 is 20.6 Å². The van der Waals surface area contributed by atoms with Crippen LogP contribution in [0.4, 0.5) is 0 Å². The number of hydrogen-bond donors (Lipinski definition) is 4. The lowest BCUT2D eigenvalue weighted by Gasteiger charge is -2.58. The van der Waals surface area contributed by atoms with E-state index < -0.39 is 6.10 Å². The molecule has 0 amide bonds. The first-order valence-electron chi connectivity index (χ1n) is 10.0. The van der Waals surface area contributed by atoms with Gasteiger partial charge in [-0.1, -0.05) is 35.8 Å². The zero-order valence-corrected chi connectivity index (χ0v) is 16.0. The van der Waals surface area contributed by atoms with Gasteiger partial charge in [-0.3, -0.25) is 0 Å². The van der Waals surface area contributed by atoms with Crippen LogP contribution in [0.15, 0.2) is 34.1 Å². The van der Waals surface area contributed by atoms with Crippen LogP contribution in [0.25, 0.3) is 0 Å². The average Bonchev–Trinajstić information content (AvgIpc) is 2.98. The summed E-state index contributed by atoms with van der Waals surface area (Å²) in [6.45, 7) is 4.17. The van der Waals surface area contributed by atoms with Crippen LogP contribution < -0.4 is 0 Å². The Balaban J connectivity index is 1.70. The number of fused-ring (bicyclic) bond motifs is 5. The SMILES string of the molecule is C[C@]12C=C/C(=N\O)C=C1CC[C@@H]1C2[C@@H](O)C[C@@]2(C)C1CC[C@@H]2/C(CO)=N/O. The largest absolute Gasteiger partial charge is 0.411 e. The fourth-order valence-corrected chi connectivity index (χ4v) is 7.16. The highest BCUT2D eigenvalue weighted by molar-refractivity contribution is 6.05. The molecule has 0 bridgehead atoms. The van der Waals surface area contributed by atoms with E-state index in [1.807, 2.05) is 12.2 Å². The van der Waals surface area contributed by atoms with Gasteiger partial charge in [0.15, 0.2) is 0 Å². The Kier molecular flexibility index (Phi) is 4.47. The third-order valence-electron chi connectivity index (χ3n) is 8.31. The topological polar surface area (TPSA) is 106 Å². The van der Waals surface area contributed by atoms with Crippen LogP contribution in [0.5, 0.6) is 0 Å². The molecule has 6 nitrogen and oxygen atoms in total. The highest BCUT2D eigenvalue weighted by Gasteiger charge is 2.62. The smallest absolute Gasteiger partial charge is 0.102 e. The molecule has 4 N–H and O–H groups in total. The van der Waals surface area contributed by atoms with Gasteiger partial charge in [0.25, 0.3) is 0 Å². The molecule has 4 aliphatic rings. The first-order valence-corrected chi connectivity index (χ1v) is 10.0. The summed E-state index contributed by atoms with van der Waals surface area (Å²) in [4.78, 5) is 0. The maximum absolute atomic E-state index is 11.3. The summed E-state index contributed by atoms with van der Waals surface area (Å²) in [7, 11) is 0. The summed E-state index contributed by atoms with van der Waals surface area (Å²) in [5, 5.41) is 46.1. The van der Waals surface area contributed by atoms with Crippen molar-refractivity contribution >= 4 is 11.4 Å². The van der Waals surface area contributed by atoms with E-state index in [0.717, 1.165) is 25.7 Å². The average molecular weight is 374 g/mol. The first kappa shape index (κ1) is 18.7. The van der Waals surface area contributed by atoms with Crippen LogP contribution in [0.1, 0.15) is 46.0 Å². The summed E-state index contributed by atoms with van der Waals surface area (Å²) in [6, 6.07) is 0. The molecule has 7 atom stereocenters. The highest BCUT2D eigenvalue weighted by atomic mass is 16.4. The molecule has 27 heavy (non-hydrogen) atoms. The van der Waals surface area contributed by atoms with Crippen molar-refractivity contribution in [2.45, 2.75) is 52.1 Å². The molecule has 4 rings (SSSR count). The lowest BCUT2D eigenvalue weighted by molar-refractivity contribution is -0.109. The summed E-state index contributed by atoms with van der Waals surface area (Å²) >= 11 is 0. The molecule has 0 radical (unpaired) electrons. The van der Waals surface area contributed by atoms with Gasteiger partial charge in [0.2, 0.25) is 0 Å². The number of aliphatic hydroxyl groups is 2. The molecule has 0 aromatic carbocycles. The van der Waals surface area contributed by atoms with E-state index in [9.17, 15) is 15.4 Å². The van der Waals surface area contributed by atoms with Crippen molar-refractivity contribution in [3.63, 3.8) is 0 Å². The highest BCUT2D eigenvalue weighted by Crippen LogP contribution is 2.66. The van der Waals surface area contributed by atoms with Crippen molar-refractivity contribution < 1.29 is 20.6 Å². The number of oxime groups is 2. The van der Waals surface area contributed by atoms with E-state index >= 15 is 0 Å². The monoisotopic (exact) mass is 374 g/mol. The Hall–Kier alpha value is -1.66. The Morgan fingerprint density at radius 3 is 2.67 bits per heavy atom. The van der Waals surface area contributed by atoms with Gasteiger partial charge in [-0.05, 0) is 61.5 Å². The van der Waals surface area contributed by atoms with E-state index in [1.54, 1.807) is 0 Å². The van der Waals surface area contributed by atoms with Crippen LogP contribution in [-0.4, -0.2) is 44.8 Å². The van der Waals surface area contributed by atoms with Gasteiger partial charge in [-0.25, -0.2) is 0 Å². The lowest BCUT2D eigenvalue weighted by Crippen LogP contribution is -2.56. The summed E-state index contributed by atoms with van der Waals surface area (Å²) in [5.41, 5.74) is 1.89.